The second-order valence-corrected chi connectivity index (χ2v) is 9.06. The van der Waals surface area contributed by atoms with Crippen LogP contribution < -0.4 is 9.47 Å². The molecule has 1 amide bonds. The van der Waals surface area contributed by atoms with E-state index in [1.807, 2.05) is 56.0 Å². The molecular weight excluding hydrogens is 414 g/mol. The van der Waals surface area contributed by atoms with Crippen LogP contribution in [0.25, 0.3) is 0 Å². The number of aryl methyl sites for hydroxylation is 2. The van der Waals surface area contributed by atoms with Gasteiger partial charge < -0.3 is 14.4 Å². The highest BCUT2D eigenvalue weighted by atomic mass is 35.5. The van der Waals surface area contributed by atoms with Crippen LogP contribution in [0.3, 0.4) is 0 Å². The molecule has 6 heteroatoms. The van der Waals surface area contributed by atoms with Crippen LogP contribution in [0.1, 0.15) is 52.7 Å². The van der Waals surface area contributed by atoms with Crippen LogP contribution in [0.5, 0.6) is 11.5 Å². The van der Waals surface area contributed by atoms with E-state index in [2.05, 4.69) is 0 Å². The van der Waals surface area contributed by atoms with Crippen molar-refractivity contribution in [2.45, 2.75) is 52.1 Å². The first-order valence-electron chi connectivity index (χ1n) is 10.8. The number of nitrogens with zero attached hydrogens (tertiary/aromatic N) is 1. The van der Waals surface area contributed by atoms with Crippen molar-refractivity contribution in [2.75, 3.05) is 19.7 Å². The summed E-state index contributed by atoms with van der Waals surface area (Å²) in [7, 11) is 0. The third kappa shape index (κ3) is 4.42. The van der Waals surface area contributed by atoms with Crippen LogP contribution in [0.2, 0.25) is 5.02 Å². The number of hydrogen-bond acceptors (Lipinski definition) is 4. The van der Waals surface area contributed by atoms with E-state index in [0.29, 0.717) is 61.7 Å². The molecule has 2 aromatic rings. The molecule has 5 nitrogen and oxygen atoms in total. The fraction of sp³-hybridized carbons (Fsp3) is 0.440. The van der Waals surface area contributed by atoms with Gasteiger partial charge in [0.2, 0.25) is 5.91 Å². The number of halogens is 1. The summed E-state index contributed by atoms with van der Waals surface area (Å²) >= 11 is 6.34. The first-order chi connectivity index (χ1) is 14.8. The van der Waals surface area contributed by atoms with Gasteiger partial charge in [0.1, 0.15) is 17.1 Å². The summed E-state index contributed by atoms with van der Waals surface area (Å²) < 4.78 is 12.1. The van der Waals surface area contributed by atoms with Gasteiger partial charge in [0.15, 0.2) is 5.78 Å². The largest absolute Gasteiger partial charge is 0.493 e. The third-order valence-electron chi connectivity index (χ3n) is 6.37. The fourth-order valence-electron chi connectivity index (χ4n) is 4.49. The van der Waals surface area contributed by atoms with E-state index in [4.69, 9.17) is 21.1 Å². The van der Waals surface area contributed by atoms with Crippen LogP contribution in [0.4, 0.5) is 0 Å². The Balaban J connectivity index is 1.34. The predicted octanol–water partition coefficient (Wildman–Crippen LogP) is 5.06. The molecule has 0 aromatic heterocycles. The Kier molecular flexibility index (Phi) is 5.98. The standard InChI is InChI=1S/C25H28ClNO4/c1-16-4-6-19(7-5-16)30-13-8-22(29)27-11-9-25(10-12-27)15-20(28)23-18(3)24(26)17(2)14-21(23)31-25/h4-7,14H,8-13,15H2,1-3H3. The number of benzene rings is 2. The maximum atomic E-state index is 12.9. The Morgan fingerprint density at radius 1 is 1.16 bits per heavy atom. The number of rotatable bonds is 4. The number of fused-ring (bicyclic) bond motifs is 1. The lowest BCUT2D eigenvalue weighted by atomic mass is 9.81. The van der Waals surface area contributed by atoms with Crippen LogP contribution in [-0.2, 0) is 4.79 Å². The van der Waals surface area contributed by atoms with Crippen molar-refractivity contribution in [1.82, 2.24) is 4.90 Å². The highest BCUT2D eigenvalue weighted by molar-refractivity contribution is 6.32. The van der Waals surface area contributed by atoms with Crippen molar-refractivity contribution >= 4 is 23.3 Å². The van der Waals surface area contributed by atoms with Crippen LogP contribution >= 0.6 is 11.6 Å². The molecule has 2 aliphatic rings. The molecule has 0 saturated carbocycles. The molecule has 4 rings (SSSR count). The minimum Gasteiger partial charge on any atom is -0.493 e. The molecule has 2 aliphatic heterocycles. The van der Waals surface area contributed by atoms with Crippen molar-refractivity contribution in [3.63, 3.8) is 0 Å². The number of piperidine rings is 1. The molecule has 2 heterocycles. The van der Waals surface area contributed by atoms with E-state index < -0.39 is 5.60 Å². The topological polar surface area (TPSA) is 55.8 Å². The van der Waals surface area contributed by atoms with E-state index in [9.17, 15) is 9.59 Å². The maximum absolute atomic E-state index is 12.9. The average molecular weight is 442 g/mol. The first-order valence-corrected chi connectivity index (χ1v) is 11.1. The number of likely N-dealkylation sites (tertiary alicyclic amines) is 1. The SMILES string of the molecule is Cc1ccc(OCCC(=O)N2CCC3(CC2)CC(=O)c2c(cc(C)c(Cl)c2C)O3)cc1. The van der Waals surface area contributed by atoms with E-state index in [1.54, 1.807) is 0 Å². The molecule has 1 fully saturated rings. The highest BCUT2D eigenvalue weighted by Crippen LogP contribution is 2.43. The normalized spacial score (nSPS) is 17.3. The fourth-order valence-corrected chi connectivity index (χ4v) is 4.64. The molecule has 31 heavy (non-hydrogen) atoms. The summed E-state index contributed by atoms with van der Waals surface area (Å²) in [6, 6.07) is 9.67. The summed E-state index contributed by atoms with van der Waals surface area (Å²) in [5.74, 6) is 1.55. The van der Waals surface area contributed by atoms with Gasteiger partial charge in [-0.1, -0.05) is 29.3 Å². The van der Waals surface area contributed by atoms with Crippen molar-refractivity contribution < 1.29 is 19.1 Å². The zero-order chi connectivity index (χ0) is 22.2. The Hall–Kier alpha value is -2.53. The van der Waals surface area contributed by atoms with Gasteiger partial charge in [-0.15, -0.1) is 0 Å². The summed E-state index contributed by atoms with van der Waals surface area (Å²) in [5.41, 5.74) is 2.94. The zero-order valence-corrected chi connectivity index (χ0v) is 19.1. The smallest absolute Gasteiger partial charge is 0.226 e. The maximum Gasteiger partial charge on any atom is 0.226 e. The molecule has 0 unspecified atom stereocenters. The van der Waals surface area contributed by atoms with Gasteiger partial charge in [0.25, 0.3) is 0 Å². The number of carbonyl (C=O) groups excluding carboxylic acids is 2. The summed E-state index contributed by atoms with van der Waals surface area (Å²) in [6.07, 6.45) is 1.95. The Morgan fingerprint density at radius 2 is 1.84 bits per heavy atom. The summed E-state index contributed by atoms with van der Waals surface area (Å²) in [4.78, 5) is 27.4. The zero-order valence-electron chi connectivity index (χ0n) is 18.3. The molecule has 0 N–H and O–H groups in total. The molecule has 0 atom stereocenters. The van der Waals surface area contributed by atoms with Crippen LogP contribution in [0.15, 0.2) is 30.3 Å². The molecular formula is C25H28ClNO4. The average Bonchev–Trinajstić information content (AvgIpc) is 2.73. The molecule has 0 radical (unpaired) electrons. The van der Waals surface area contributed by atoms with Crippen LogP contribution in [-0.4, -0.2) is 41.9 Å². The Bertz CT molecular complexity index is 1010. The first kappa shape index (κ1) is 21.7. The predicted molar refractivity (Wildman–Crippen MR) is 120 cm³/mol. The molecule has 164 valence electrons. The molecule has 2 aromatic carbocycles. The van der Waals surface area contributed by atoms with Crippen LogP contribution in [0, 0.1) is 20.8 Å². The quantitative estimate of drug-likeness (QED) is 0.665. The van der Waals surface area contributed by atoms with Gasteiger partial charge in [-0.25, -0.2) is 0 Å². The number of amides is 1. The summed E-state index contributed by atoms with van der Waals surface area (Å²) in [6.45, 7) is 7.33. The minimum atomic E-state index is -0.536. The molecule has 1 spiro atoms. The molecule has 1 saturated heterocycles. The Morgan fingerprint density at radius 3 is 2.52 bits per heavy atom. The third-order valence-corrected chi connectivity index (χ3v) is 6.95. The molecule has 0 aliphatic carbocycles. The number of hydrogen-bond donors (Lipinski definition) is 0. The monoisotopic (exact) mass is 441 g/mol. The second kappa shape index (κ2) is 8.54. The van der Waals surface area contributed by atoms with Crippen molar-refractivity contribution in [2.24, 2.45) is 0 Å². The second-order valence-electron chi connectivity index (χ2n) is 8.68. The number of ketones is 1. The lowest BCUT2D eigenvalue weighted by Gasteiger charge is -2.44. The minimum absolute atomic E-state index is 0.0722. The van der Waals surface area contributed by atoms with E-state index in [0.717, 1.165) is 16.9 Å². The van der Waals surface area contributed by atoms with Crippen molar-refractivity contribution in [3.05, 3.63) is 57.6 Å². The van der Waals surface area contributed by atoms with Gasteiger partial charge >= 0.3 is 0 Å². The molecule has 0 bridgehead atoms. The summed E-state index contributed by atoms with van der Waals surface area (Å²) in [5, 5.41) is 0.625. The highest BCUT2D eigenvalue weighted by Gasteiger charge is 2.44. The van der Waals surface area contributed by atoms with E-state index in [1.165, 1.54) is 5.56 Å². The van der Waals surface area contributed by atoms with Gasteiger partial charge in [-0.3, -0.25) is 9.59 Å². The van der Waals surface area contributed by atoms with Crippen molar-refractivity contribution in [1.29, 1.82) is 0 Å². The number of ether oxygens (including phenoxy) is 2. The van der Waals surface area contributed by atoms with Crippen molar-refractivity contribution in [3.8, 4) is 11.5 Å². The lowest BCUT2D eigenvalue weighted by Crippen LogP contribution is -2.52. The Labute approximate surface area is 188 Å². The van der Waals surface area contributed by atoms with Gasteiger partial charge in [-0.05, 0) is 50.1 Å². The van der Waals surface area contributed by atoms with Gasteiger partial charge in [0, 0.05) is 31.0 Å². The van der Waals surface area contributed by atoms with E-state index >= 15 is 0 Å². The number of carbonyl (C=O) groups is 2. The number of Topliss-reactive ketones (excluding diaryl/α,β-unsaturated/α-hetero) is 1. The van der Waals surface area contributed by atoms with E-state index in [-0.39, 0.29) is 11.7 Å². The lowest BCUT2D eigenvalue weighted by molar-refractivity contribution is -0.135. The van der Waals surface area contributed by atoms with Gasteiger partial charge in [0.05, 0.1) is 25.0 Å². The van der Waals surface area contributed by atoms with Gasteiger partial charge in [-0.2, -0.15) is 0 Å².